The number of morpholine rings is 1. The average molecular weight is 410 g/mol. The van der Waals surface area contributed by atoms with Gasteiger partial charge in [0.25, 0.3) is 0 Å². The monoisotopic (exact) mass is 409 g/mol. The highest BCUT2D eigenvalue weighted by molar-refractivity contribution is 7.19. The van der Waals surface area contributed by atoms with Crippen molar-refractivity contribution in [2.24, 2.45) is 0 Å². The number of hydrogen-bond donors (Lipinski definition) is 0. The number of ether oxygens (including phenoxy) is 1. The van der Waals surface area contributed by atoms with Crippen LogP contribution in [0.3, 0.4) is 0 Å². The van der Waals surface area contributed by atoms with Gasteiger partial charge in [-0.1, -0.05) is 0 Å². The predicted octanol–water partition coefficient (Wildman–Crippen LogP) is 2.54. The SMILES string of the molecule is CN(CC(=O)N1CCOCC1)c1nc(-c2cccnc2)nc2sc3c(c12)CCC3. The van der Waals surface area contributed by atoms with Gasteiger partial charge in [0.05, 0.1) is 25.1 Å². The van der Waals surface area contributed by atoms with E-state index in [0.717, 1.165) is 34.4 Å². The molecule has 7 nitrogen and oxygen atoms in total. The van der Waals surface area contributed by atoms with E-state index in [4.69, 9.17) is 14.7 Å². The number of amides is 1. The minimum Gasteiger partial charge on any atom is -0.378 e. The van der Waals surface area contributed by atoms with Crippen LogP contribution in [-0.2, 0) is 22.4 Å². The van der Waals surface area contributed by atoms with Gasteiger partial charge in [0.1, 0.15) is 10.6 Å². The van der Waals surface area contributed by atoms with Crippen molar-refractivity contribution in [3.8, 4) is 11.4 Å². The summed E-state index contributed by atoms with van der Waals surface area (Å²) in [7, 11) is 1.95. The maximum absolute atomic E-state index is 12.8. The fourth-order valence-corrected chi connectivity index (χ4v) is 5.32. The Morgan fingerprint density at radius 2 is 2.14 bits per heavy atom. The molecule has 0 bridgehead atoms. The van der Waals surface area contributed by atoms with Crippen LogP contribution in [0.5, 0.6) is 0 Å². The van der Waals surface area contributed by atoms with Crippen molar-refractivity contribution in [2.75, 3.05) is 44.8 Å². The molecule has 0 aromatic carbocycles. The molecule has 0 atom stereocenters. The van der Waals surface area contributed by atoms with Crippen molar-refractivity contribution in [1.82, 2.24) is 19.9 Å². The standard InChI is InChI=1S/C21H23N5O2S/c1-25(13-17(27)26-8-10-28-11-9-26)20-18-15-5-2-6-16(15)29-21(18)24-19(23-20)14-4-3-7-22-12-14/h3-4,7,12H,2,5-6,8-11,13H2,1H3. The van der Waals surface area contributed by atoms with Crippen molar-refractivity contribution >= 4 is 33.3 Å². The second kappa shape index (κ2) is 7.68. The lowest BCUT2D eigenvalue weighted by Crippen LogP contribution is -2.45. The number of hydrogen-bond acceptors (Lipinski definition) is 7. The van der Waals surface area contributed by atoms with Crippen LogP contribution in [0.2, 0.25) is 0 Å². The van der Waals surface area contributed by atoms with Crippen molar-refractivity contribution in [1.29, 1.82) is 0 Å². The van der Waals surface area contributed by atoms with E-state index in [9.17, 15) is 4.79 Å². The normalized spacial score (nSPS) is 16.2. The van der Waals surface area contributed by atoms with Gasteiger partial charge >= 0.3 is 0 Å². The van der Waals surface area contributed by atoms with E-state index in [2.05, 4.69) is 4.98 Å². The Balaban J connectivity index is 1.54. The van der Waals surface area contributed by atoms with Gasteiger partial charge in [-0.15, -0.1) is 11.3 Å². The zero-order valence-corrected chi connectivity index (χ0v) is 17.2. The molecule has 3 aromatic heterocycles. The molecule has 8 heteroatoms. The number of rotatable bonds is 4. The molecule has 0 spiro atoms. The van der Waals surface area contributed by atoms with Crippen molar-refractivity contribution in [3.63, 3.8) is 0 Å². The highest BCUT2D eigenvalue weighted by Crippen LogP contribution is 2.41. The maximum atomic E-state index is 12.8. The lowest BCUT2D eigenvalue weighted by molar-refractivity contribution is -0.133. The predicted molar refractivity (Wildman–Crippen MR) is 113 cm³/mol. The third-order valence-corrected chi connectivity index (χ3v) is 6.75. The Bertz CT molecular complexity index is 1050. The van der Waals surface area contributed by atoms with E-state index in [1.54, 1.807) is 23.7 Å². The summed E-state index contributed by atoms with van der Waals surface area (Å²) in [6.45, 7) is 2.82. The number of nitrogens with zero attached hydrogens (tertiary/aromatic N) is 5. The number of aromatic nitrogens is 3. The fourth-order valence-electron chi connectivity index (χ4n) is 4.07. The summed E-state index contributed by atoms with van der Waals surface area (Å²) >= 11 is 1.76. The molecule has 1 aliphatic carbocycles. The van der Waals surface area contributed by atoms with Gasteiger partial charge < -0.3 is 14.5 Å². The number of pyridine rings is 1. The molecule has 1 amide bonds. The summed E-state index contributed by atoms with van der Waals surface area (Å²) in [6.07, 6.45) is 6.87. The summed E-state index contributed by atoms with van der Waals surface area (Å²) < 4.78 is 5.37. The third kappa shape index (κ3) is 3.47. The van der Waals surface area contributed by atoms with Gasteiger partial charge in [-0.2, -0.15) is 0 Å². The van der Waals surface area contributed by atoms with Crippen LogP contribution in [0, 0.1) is 0 Å². The Morgan fingerprint density at radius 3 is 2.93 bits per heavy atom. The molecule has 0 unspecified atom stereocenters. The molecule has 150 valence electrons. The molecule has 4 heterocycles. The van der Waals surface area contributed by atoms with Gasteiger partial charge in [-0.3, -0.25) is 9.78 Å². The van der Waals surface area contributed by atoms with Crippen LogP contribution in [0.25, 0.3) is 21.6 Å². The van der Waals surface area contributed by atoms with E-state index >= 15 is 0 Å². The first-order chi connectivity index (χ1) is 14.2. The molecule has 0 saturated carbocycles. The highest BCUT2D eigenvalue weighted by Gasteiger charge is 2.26. The van der Waals surface area contributed by atoms with Crippen LogP contribution in [0.1, 0.15) is 16.9 Å². The topological polar surface area (TPSA) is 71.5 Å². The zero-order valence-electron chi connectivity index (χ0n) is 16.4. The second-order valence-electron chi connectivity index (χ2n) is 7.50. The molecule has 29 heavy (non-hydrogen) atoms. The summed E-state index contributed by atoms with van der Waals surface area (Å²) in [5.74, 6) is 1.61. The van der Waals surface area contributed by atoms with E-state index in [-0.39, 0.29) is 5.91 Å². The second-order valence-corrected chi connectivity index (χ2v) is 8.58. The van der Waals surface area contributed by atoms with Gasteiger partial charge in [-0.25, -0.2) is 9.97 Å². The number of carbonyl (C=O) groups is 1. The molecule has 0 N–H and O–H groups in total. The van der Waals surface area contributed by atoms with Crippen molar-refractivity contribution in [2.45, 2.75) is 19.3 Å². The maximum Gasteiger partial charge on any atom is 0.242 e. The Labute approximate surface area is 173 Å². The summed E-state index contributed by atoms with van der Waals surface area (Å²) in [5, 5.41) is 1.12. The van der Waals surface area contributed by atoms with Crippen molar-refractivity contribution in [3.05, 3.63) is 35.0 Å². The molecular weight excluding hydrogens is 386 g/mol. The fraction of sp³-hybridized carbons (Fsp3) is 0.429. The third-order valence-electron chi connectivity index (χ3n) is 5.56. The smallest absolute Gasteiger partial charge is 0.242 e. The lowest BCUT2D eigenvalue weighted by Gasteiger charge is -2.29. The molecule has 1 aliphatic heterocycles. The van der Waals surface area contributed by atoms with Crippen LogP contribution >= 0.6 is 11.3 Å². The molecule has 0 radical (unpaired) electrons. The minimum absolute atomic E-state index is 0.109. The Morgan fingerprint density at radius 1 is 1.28 bits per heavy atom. The van der Waals surface area contributed by atoms with Gasteiger partial charge in [0.15, 0.2) is 5.82 Å². The zero-order chi connectivity index (χ0) is 19.8. The number of carbonyl (C=O) groups excluding carboxylic acids is 1. The first kappa shape index (κ1) is 18.4. The summed E-state index contributed by atoms with van der Waals surface area (Å²) in [4.78, 5) is 33.1. The largest absolute Gasteiger partial charge is 0.378 e. The van der Waals surface area contributed by atoms with Gasteiger partial charge in [0.2, 0.25) is 5.91 Å². The Hall–Kier alpha value is -2.58. The van der Waals surface area contributed by atoms with Crippen LogP contribution in [0.15, 0.2) is 24.5 Å². The van der Waals surface area contributed by atoms with Crippen LogP contribution in [-0.4, -0.2) is 65.7 Å². The highest BCUT2D eigenvalue weighted by atomic mass is 32.1. The van der Waals surface area contributed by atoms with E-state index in [1.165, 1.54) is 16.9 Å². The van der Waals surface area contributed by atoms with Crippen molar-refractivity contribution < 1.29 is 9.53 Å². The quantitative estimate of drug-likeness (QED) is 0.660. The van der Waals surface area contributed by atoms with E-state index < -0.39 is 0 Å². The first-order valence-electron chi connectivity index (χ1n) is 10.00. The number of anilines is 1. The number of aryl methyl sites for hydroxylation is 2. The number of likely N-dealkylation sites (N-methyl/N-ethyl adjacent to an activating group) is 1. The molecule has 1 saturated heterocycles. The molecule has 1 fully saturated rings. The Kier molecular flexibility index (Phi) is 4.89. The lowest BCUT2D eigenvalue weighted by atomic mass is 10.1. The van der Waals surface area contributed by atoms with Gasteiger partial charge in [-0.05, 0) is 37.0 Å². The summed E-state index contributed by atoms with van der Waals surface area (Å²) in [5.41, 5.74) is 2.25. The van der Waals surface area contributed by atoms with Crippen LogP contribution in [0.4, 0.5) is 5.82 Å². The van der Waals surface area contributed by atoms with E-state index in [1.807, 2.05) is 29.0 Å². The molecular formula is C21H23N5O2S. The molecule has 3 aromatic rings. The summed E-state index contributed by atoms with van der Waals surface area (Å²) in [6, 6.07) is 3.86. The van der Waals surface area contributed by atoms with E-state index in [0.29, 0.717) is 38.7 Å². The minimum atomic E-state index is 0.109. The average Bonchev–Trinajstić information content (AvgIpc) is 3.35. The van der Waals surface area contributed by atoms with Crippen LogP contribution < -0.4 is 4.90 Å². The molecule has 5 rings (SSSR count). The van der Waals surface area contributed by atoms with Gasteiger partial charge in [0, 0.05) is 43.0 Å². The molecule has 2 aliphatic rings. The number of thiophene rings is 1. The number of fused-ring (bicyclic) bond motifs is 3. The first-order valence-corrected chi connectivity index (χ1v) is 10.8.